The van der Waals surface area contributed by atoms with Gasteiger partial charge in [-0.2, -0.15) is 22.0 Å². The summed E-state index contributed by atoms with van der Waals surface area (Å²) in [5, 5.41) is 0. The van der Waals surface area contributed by atoms with Crippen LogP contribution in [0.15, 0.2) is 0 Å². The lowest BCUT2D eigenvalue weighted by molar-refractivity contribution is -0.294. The number of ether oxygens (including phenoxy) is 2. The van der Waals surface area contributed by atoms with Crippen LogP contribution < -0.4 is 0 Å². The molecular weight excluding hydrogens is 459 g/mol. The molecule has 3 unspecified atom stereocenters. The Balaban J connectivity index is 0.000000344. The van der Waals surface area contributed by atoms with E-state index in [1.165, 1.54) is 26.7 Å². The van der Waals surface area contributed by atoms with Crippen molar-refractivity contribution in [1.82, 2.24) is 0 Å². The van der Waals surface area contributed by atoms with Gasteiger partial charge in [0.05, 0.1) is 10.8 Å². The third kappa shape index (κ3) is 6.04. The summed E-state index contributed by atoms with van der Waals surface area (Å²) in [6, 6.07) is 0. The van der Waals surface area contributed by atoms with Gasteiger partial charge in [-0.1, -0.05) is 34.6 Å². The third-order valence-electron chi connectivity index (χ3n) is 8.64. The van der Waals surface area contributed by atoms with Crippen LogP contribution in [0, 0.1) is 27.6 Å². The van der Waals surface area contributed by atoms with Crippen molar-refractivity contribution in [2.24, 2.45) is 27.6 Å². The monoisotopic (exact) mass is 500 g/mol. The quantitative estimate of drug-likeness (QED) is 0.271. The molecule has 2 aliphatic carbocycles. The average molecular weight is 501 g/mol. The molecule has 3 atom stereocenters. The number of esters is 2. The molecule has 0 aromatic rings. The van der Waals surface area contributed by atoms with Crippen LogP contribution in [0.25, 0.3) is 0 Å². The molecule has 9 heteroatoms. The maximum atomic E-state index is 12.4. The fraction of sp³-hybridized carbons (Fsp3) is 0.920. The molecule has 2 bridgehead atoms. The van der Waals surface area contributed by atoms with Gasteiger partial charge in [0.15, 0.2) is 6.61 Å². The van der Waals surface area contributed by atoms with Gasteiger partial charge in [-0.05, 0) is 71.1 Å². The van der Waals surface area contributed by atoms with Crippen molar-refractivity contribution < 1.29 is 41.0 Å². The van der Waals surface area contributed by atoms with E-state index in [1.807, 2.05) is 20.8 Å². The second-order valence-corrected chi connectivity index (χ2v) is 11.8. The summed E-state index contributed by atoms with van der Waals surface area (Å²) in [6.45, 7) is 15.5. The van der Waals surface area contributed by atoms with E-state index < -0.39 is 30.1 Å². The van der Waals surface area contributed by atoms with Crippen LogP contribution >= 0.6 is 0 Å². The molecule has 0 amide bonds. The van der Waals surface area contributed by atoms with Crippen molar-refractivity contribution in [1.29, 1.82) is 0 Å². The van der Waals surface area contributed by atoms with E-state index in [2.05, 4.69) is 25.5 Å². The fourth-order valence-corrected chi connectivity index (χ4v) is 4.32. The van der Waals surface area contributed by atoms with Gasteiger partial charge in [0.2, 0.25) is 0 Å². The SMILES string of the molecule is CCC(C)(C)C(=O)OC1CC2CCC1(C)C2(C)C.CCC(C)(C)C(=O)OCC(F)(F)C(F)(F)F. The Bertz CT molecular complexity index is 742. The standard InChI is InChI=1S/C16H28O2.C9H13F5O2/c1-7-14(2,3)13(17)18-12-10-11-8-9-16(12,6)15(11,4)5;1-4-7(2,3)6(15)16-5-8(10,11)9(12,13)14/h11-12H,7-10H2,1-6H3;4-5H2,1-3H3. The molecule has 2 rings (SSSR count). The molecule has 200 valence electrons. The van der Waals surface area contributed by atoms with Crippen LogP contribution in [0.5, 0.6) is 0 Å². The van der Waals surface area contributed by atoms with E-state index in [0.717, 1.165) is 18.8 Å². The van der Waals surface area contributed by atoms with Crippen molar-refractivity contribution >= 4 is 11.9 Å². The molecule has 0 N–H and O–H groups in total. The summed E-state index contributed by atoms with van der Waals surface area (Å²) < 4.78 is 69.8. The first-order chi connectivity index (χ1) is 15.1. The molecule has 0 aromatic carbocycles. The summed E-state index contributed by atoms with van der Waals surface area (Å²) >= 11 is 0. The Labute approximate surface area is 200 Å². The molecule has 0 spiro atoms. The highest BCUT2D eigenvalue weighted by atomic mass is 19.4. The van der Waals surface area contributed by atoms with Crippen molar-refractivity contribution in [2.45, 2.75) is 113 Å². The smallest absolute Gasteiger partial charge is 0.456 e. The van der Waals surface area contributed by atoms with Gasteiger partial charge in [0.25, 0.3) is 0 Å². The van der Waals surface area contributed by atoms with Crippen molar-refractivity contribution in [2.75, 3.05) is 6.61 Å². The topological polar surface area (TPSA) is 52.6 Å². The second-order valence-electron chi connectivity index (χ2n) is 11.8. The lowest BCUT2D eigenvalue weighted by Crippen LogP contribution is -2.42. The first-order valence-corrected chi connectivity index (χ1v) is 11.9. The number of carbonyl (C=O) groups excluding carboxylic acids is 2. The minimum Gasteiger partial charge on any atom is -0.461 e. The van der Waals surface area contributed by atoms with Gasteiger partial charge >= 0.3 is 24.0 Å². The van der Waals surface area contributed by atoms with Gasteiger partial charge in [-0.25, -0.2) is 0 Å². The van der Waals surface area contributed by atoms with Crippen LogP contribution in [-0.4, -0.2) is 36.7 Å². The molecule has 2 saturated carbocycles. The first kappa shape index (κ1) is 30.6. The second kappa shape index (κ2) is 9.92. The van der Waals surface area contributed by atoms with E-state index in [9.17, 15) is 31.5 Å². The molecule has 0 aromatic heterocycles. The minimum absolute atomic E-state index is 0.0143. The predicted molar refractivity (Wildman–Crippen MR) is 119 cm³/mol. The molecule has 0 heterocycles. The number of hydrogen-bond donors (Lipinski definition) is 0. The Kier molecular flexibility index (Phi) is 8.93. The van der Waals surface area contributed by atoms with E-state index >= 15 is 0 Å². The van der Waals surface area contributed by atoms with Crippen LogP contribution in [0.2, 0.25) is 0 Å². The zero-order chi connectivity index (χ0) is 27.0. The molecule has 2 fully saturated rings. The zero-order valence-corrected chi connectivity index (χ0v) is 21.9. The largest absolute Gasteiger partial charge is 0.461 e. The predicted octanol–water partition coefficient (Wildman–Crippen LogP) is 7.34. The molecule has 0 radical (unpaired) electrons. The van der Waals surface area contributed by atoms with E-state index in [1.54, 1.807) is 6.92 Å². The highest BCUT2D eigenvalue weighted by Crippen LogP contribution is 2.66. The number of rotatable bonds is 7. The Morgan fingerprint density at radius 2 is 1.35 bits per heavy atom. The summed E-state index contributed by atoms with van der Waals surface area (Å²) in [5.74, 6) is -5.37. The van der Waals surface area contributed by atoms with Crippen LogP contribution in [0.4, 0.5) is 22.0 Å². The maximum Gasteiger partial charge on any atom is 0.456 e. The zero-order valence-electron chi connectivity index (χ0n) is 21.9. The van der Waals surface area contributed by atoms with Gasteiger partial charge in [-0.3, -0.25) is 9.59 Å². The molecule has 0 saturated heterocycles. The summed E-state index contributed by atoms with van der Waals surface area (Å²) in [5.41, 5.74) is -0.921. The summed E-state index contributed by atoms with van der Waals surface area (Å²) in [4.78, 5) is 23.4. The van der Waals surface area contributed by atoms with Crippen molar-refractivity contribution in [3.05, 3.63) is 0 Å². The highest BCUT2D eigenvalue weighted by molar-refractivity contribution is 5.76. The highest BCUT2D eigenvalue weighted by Gasteiger charge is 2.63. The fourth-order valence-electron chi connectivity index (χ4n) is 4.32. The van der Waals surface area contributed by atoms with Gasteiger partial charge < -0.3 is 9.47 Å². The number of carbonyl (C=O) groups is 2. The van der Waals surface area contributed by atoms with Gasteiger partial charge in [0.1, 0.15) is 6.10 Å². The Morgan fingerprint density at radius 3 is 1.71 bits per heavy atom. The number of hydrogen-bond acceptors (Lipinski definition) is 4. The molecule has 34 heavy (non-hydrogen) atoms. The summed E-state index contributed by atoms with van der Waals surface area (Å²) in [7, 11) is 0. The first-order valence-electron chi connectivity index (χ1n) is 11.9. The molecular formula is C25H41F5O4. The normalized spacial score (nSPS) is 26.5. The van der Waals surface area contributed by atoms with E-state index in [-0.39, 0.29) is 29.3 Å². The number of fused-ring (bicyclic) bond motifs is 2. The average Bonchev–Trinajstić information content (AvgIpc) is 3.05. The van der Waals surface area contributed by atoms with Crippen LogP contribution in [0.1, 0.15) is 94.4 Å². The van der Waals surface area contributed by atoms with Crippen LogP contribution in [0.3, 0.4) is 0 Å². The number of halogens is 5. The number of alkyl halides is 5. The lowest BCUT2D eigenvalue weighted by atomic mass is 9.70. The molecule has 2 aliphatic rings. The Hall–Kier alpha value is -1.41. The van der Waals surface area contributed by atoms with Gasteiger partial charge in [0, 0.05) is 5.41 Å². The van der Waals surface area contributed by atoms with E-state index in [4.69, 9.17) is 4.74 Å². The lowest BCUT2D eigenvalue weighted by Gasteiger charge is -2.39. The molecule has 4 nitrogen and oxygen atoms in total. The van der Waals surface area contributed by atoms with Crippen LogP contribution in [-0.2, 0) is 19.1 Å². The van der Waals surface area contributed by atoms with Gasteiger partial charge in [-0.15, -0.1) is 0 Å². The Morgan fingerprint density at radius 1 is 0.882 bits per heavy atom. The minimum atomic E-state index is -5.70. The third-order valence-corrected chi connectivity index (χ3v) is 8.64. The van der Waals surface area contributed by atoms with E-state index in [0.29, 0.717) is 5.41 Å². The summed E-state index contributed by atoms with van der Waals surface area (Å²) in [6.07, 6.45) is -0.891. The maximum absolute atomic E-state index is 12.4. The van der Waals surface area contributed by atoms with Crippen molar-refractivity contribution in [3.63, 3.8) is 0 Å². The van der Waals surface area contributed by atoms with Crippen molar-refractivity contribution in [3.8, 4) is 0 Å². The molecule has 0 aliphatic heterocycles.